The molecule has 12 nitrogen and oxygen atoms in total. The van der Waals surface area contributed by atoms with Crippen LogP contribution in [0.5, 0.6) is 5.88 Å². The molecule has 3 amide bonds. The molecule has 0 radical (unpaired) electrons. The van der Waals surface area contributed by atoms with Gasteiger partial charge in [-0.1, -0.05) is 24.3 Å². The lowest BCUT2D eigenvalue weighted by Crippen LogP contribution is -2.56. The summed E-state index contributed by atoms with van der Waals surface area (Å²) in [5.74, 6) is -2.14. The molecule has 6 rings (SSSR count). The molecule has 3 fully saturated rings. The van der Waals surface area contributed by atoms with Gasteiger partial charge in [-0.3, -0.25) is 19.1 Å². The average Bonchev–Trinajstić information content (AvgIpc) is 3.85. The number of fused-ring (bicyclic) bond motifs is 1. The second-order valence-electron chi connectivity index (χ2n) is 12.6. The molecule has 4 atom stereocenters. The van der Waals surface area contributed by atoms with E-state index in [1.807, 2.05) is 41.8 Å². The molecule has 2 aliphatic carbocycles. The van der Waals surface area contributed by atoms with Gasteiger partial charge >= 0.3 is 0 Å². The van der Waals surface area contributed by atoms with Gasteiger partial charge in [-0.25, -0.2) is 18.4 Å². The standard InChI is InChI=1S/C31H35N5O7S2/c1-4-18-15-31(18,29(39)35-45(41,42)20-11-12-20)34-27(38)23-14-19(17-36(23)25(37)16-30(2,3)40)43-28-26(24-10-7-13-44-24)32-21-8-5-6-9-22(21)33-28/h4-10,13,18-20,23,40H,1,11-12,14-17H2,2-3H3,(H,34,38)(H,35,39)/t18-,19-,23+,31-/m1/s1. The van der Waals surface area contributed by atoms with Crippen molar-refractivity contribution in [2.75, 3.05) is 6.54 Å². The zero-order valence-corrected chi connectivity index (χ0v) is 26.6. The molecule has 0 bridgehead atoms. The molecular weight excluding hydrogens is 619 g/mol. The van der Waals surface area contributed by atoms with Gasteiger partial charge in [-0.15, -0.1) is 17.9 Å². The molecule has 1 aliphatic heterocycles. The van der Waals surface area contributed by atoms with Gasteiger partial charge in [-0.05, 0) is 56.7 Å². The zero-order valence-electron chi connectivity index (χ0n) is 24.9. The number of hydrogen-bond donors (Lipinski definition) is 3. The highest BCUT2D eigenvalue weighted by Crippen LogP contribution is 2.45. The number of ether oxygens (including phenoxy) is 1. The highest BCUT2D eigenvalue weighted by Gasteiger charge is 2.62. The summed E-state index contributed by atoms with van der Waals surface area (Å²) in [6.45, 7) is 6.76. The van der Waals surface area contributed by atoms with Crippen LogP contribution in [0.25, 0.3) is 21.6 Å². The van der Waals surface area contributed by atoms with E-state index in [1.54, 1.807) is 0 Å². The van der Waals surface area contributed by atoms with Crippen LogP contribution in [0.1, 0.15) is 46.0 Å². The predicted octanol–water partition coefficient (Wildman–Crippen LogP) is 2.54. The fourth-order valence-corrected chi connectivity index (χ4v) is 7.76. The number of carbonyl (C=O) groups excluding carboxylic acids is 3. The van der Waals surface area contributed by atoms with Crippen LogP contribution in [-0.4, -0.2) is 81.2 Å². The quantitative estimate of drug-likeness (QED) is 0.264. The van der Waals surface area contributed by atoms with Crippen molar-refractivity contribution < 1.29 is 32.6 Å². The van der Waals surface area contributed by atoms with E-state index < -0.39 is 62.2 Å². The SMILES string of the molecule is C=C[C@@H]1C[C@]1(NC(=O)[C@@H]1C[C@@H](Oc2nc3ccccc3nc2-c2cccs2)CN1C(=O)CC(C)(C)O)C(=O)NS(=O)(=O)C1CC1. The lowest BCUT2D eigenvalue weighted by molar-refractivity contribution is -0.142. The topological polar surface area (TPSA) is 168 Å². The Labute approximate surface area is 264 Å². The van der Waals surface area contributed by atoms with E-state index in [0.29, 0.717) is 29.6 Å². The summed E-state index contributed by atoms with van der Waals surface area (Å²) in [5.41, 5.74) is -0.998. The summed E-state index contributed by atoms with van der Waals surface area (Å²) in [5, 5.41) is 14.5. The van der Waals surface area contributed by atoms with Crippen LogP contribution in [0.3, 0.4) is 0 Å². The van der Waals surface area contributed by atoms with Gasteiger partial charge in [0, 0.05) is 12.3 Å². The van der Waals surface area contributed by atoms with Gasteiger partial charge in [0.05, 0.1) is 39.7 Å². The van der Waals surface area contributed by atoms with E-state index in [4.69, 9.17) is 14.7 Å². The highest BCUT2D eigenvalue weighted by atomic mass is 32.2. The van der Waals surface area contributed by atoms with Crippen LogP contribution >= 0.6 is 11.3 Å². The van der Waals surface area contributed by atoms with Gasteiger partial charge in [0.25, 0.3) is 5.91 Å². The van der Waals surface area contributed by atoms with Crippen molar-refractivity contribution in [2.24, 2.45) is 5.92 Å². The summed E-state index contributed by atoms with van der Waals surface area (Å²) in [7, 11) is -3.85. The first-order valence-corrected chi connectivity index (χ1v) is 17.2. The maximum atomic E-state index is 13.9. The summed E-state index contributed by atoms with van der Waals surface area (Å²) in [6, 6.07) is 10.1. The van der Waals surface area contributed by atoms with E-state index in [-0.39, 0.29) is 31.7 Å². The smallest absolute Gasteiger partial charge is 0.259 e. The first-order valence-electron chi connectivity index (χ1n) is 14.8. The number of amides is 3. The largest absolute Gasteiger partial charge is 0.471 e. The Morgan fingerprint density at radius 2 is 1.89 bits per heavy atom. The molecular formula is C31H35N5O7S2. The third kappa shape index (κ3) is 6.44. The molecule has 45 heavy (non-hydrogen) atoms. The maximum Gasteiger partial charge on any atom is 0.259 e. The molecule has 3 aromatic rings. The van der Waals surface area contributed by atoms with Crippen LogP contribution in [0.4, 0.5) is 0 Å². The second-order valence-corrected chi connectivity index (χ2v) is 15.5. The summed E-state index contributed by atoms with van der Waals surface area (Å²) < 4.78 is 33.6. The Bertz CT molecular complexity index is 1770. The summed E-state index contributed by atoms with van der Waals surface area (Å²) in [4.78, 5) is 52.2. The predicted molar refractivity (Wildman–Crippen MR) is 168 cm³/mol. The van der Waals surface area contributed by atoms with Crippen molar-refractivity contribution in [2.45, 2.75) is 74.5 Å². The van der Waals surface area contributed by atoms with Crippen molar-refractivity contribution in [1.82, 2.24) is 24.9 Å². The summed E-state index contributed by atoms with van der Waals surface area (Å²) in [6.07, 6.45) is 1.78. The van der Waals surface area contributed by atoms with Gasteiger partial charge in [0.1, 0.15) is 23.4 Å². The minimum absolute atomic E-state index is 0.0194. The second kappa shape index (κ2) is 11.5. The Balaban J connectivity index is 1.27. The number of rotatable bonds is 11. The minimum Gasteiger partial charge on any atom is -0.471 e. The number of carbonyl (C=O) groups is 3. The van der Waals surface area contributed by atoms with Crippen LogP contribution in [0.2, 0.25) is 0 Å². The molecule has 1 aromatic carbocycles. The van der Waals surface area contributed by atoms with Crippen molar-refractivity contribution in [1.29, 1.82) is 0 Å². The van der Waals surface area contributed by atoms with Crippen LogP contribution in [-0.2, 0) is 24.4 Å². The van der Waals surface area contributed by atoms with Gasteiger partial charge in [0.2, 0.25) is 27.7 Å². The van der Waals surface area contributed by atoms with Crippen molar-refractivity contribution in [3.8, 4) is 16.5 Å². The average molecular weight is 654 g/mol. The molecule has 2 aromatic heterocycles. The van der Waals surface area contributed by atoms with Crippen molar-refractivity contribution in [3.05, 3.63) is 54.4 Å². The fraction of sp³-hybridized carbons (Fsp3) is 0.452. The number of benzene rings is 1. The lowest BCUT2D eigenvalue weighted by Gasteiger charge is -2.28. The van der Waals surface area contributed by atoms with E-state index in [2.05, 4.69) is 16.6 Å². The molecule has 3 N–H and O–H groups in total. The first kappa shape index (κ1) is 31.1. The molecule has 14 heteroatoms. The molecule has 238 valence electrons. The molecule has 0 spiro atoms. The third-order valence-corrected chi connectivity index (χ3v) is 11.0. The summed E-state index contributed by atoms with van der Waals surface area (Å²) >= 11 is 1.47. The Hall–Kier alpha value is -3.88. The van der Waals surface area contributed by atoms with E-state index >= 15 is 0 Å². The van der Waals surface area contributed by atoms with Gasteiger partial charge < -0.3 is 20.1 Å². The minimum atomic E-state index is -3.85. The monoisotopic (exact) mass is 653 g/mol. The van der Waals surface area contributed by atoms with Gasteiger partial charge in [-0.2, -0.15) is 0 Å². The number of thiophene rings is 1. The molecule has 0 unspecified atom stereocenters. The lowest BCUT2D eigenvalue weighted by atomic mass is 10.0. The maximum absolute atomic E-state index is 13.9. The van der Waals surface area contributed by atoms with Gasteiger partial charge in [0.15, 0.2) is 0 Å². The fourth-order valence-electron chi connectivity index (χ4n) is 5.70. The highest BCUT2D eigenvalue weighted by molar-refractivity contribution is 7.91. The number of hydrogen-bond acceptors (Lipinski definition) is 10. The van der Waals surface area contributed by atoms with Crippen LogP contribution < -0.4 is 14.8 Å². The number of nitrogens with zero attached hydrogens (tertiary/aromatic N) is 3. The first-order chi connectivity index (χ1) is 21.3. The van der Waals surface area contributed by atoms with Crippen molar-refractivity contribution in [3.63, 3.8) is 0 Å². The molecule has 2 saturated carbocycles. The Kier molecular flexibility index (Phi) is 7.94. The molecule has 3 aliphatic rings. The zero-order chi connectivity index (χ0) is 32.1. The van der Waals surface area contributed by atoms with Crippen LogP contribution in [0.15, 0.2) is 54.4 Å². The van der Waals surface area contributed by atoms with Crippen molar-refractivity contribution >= 4 is 50.1 Å². The van der Waals surface area contributed by atoms with E-state index in [9.17, 15) is 27.9 Å². The van der Waals surface area contributed by atoms with Crippen LogP contribution in [0, 0.1) is 5.92 Å². The number of aromatic nitrogens is 2. The number of nitrogens with one attached hydrogen (secondary N) is 2. The number of aliphatic hydroxyl groups is 1. The Morgan fingerprint density at radius 1 is 1.18 bits per heavy atom. The van der Waals surface area contributed by atoms with E-state index in [1.165, 1.54) is 36.2 Å². The van der Waals surface area contributed by atoms with E-state index in [0.717, 1.165) is 4.88 Å². The Morgan fingerprint density at radius 3 is 2.49 bits per heavy atom. The normalized spacial score (nSPS) is 24.7. The number of likely N-dealkylation sites (tertiary alicyclic amines) is 1. The molecule has 3 heterocycles. The number of sulfonamides is 1. The molecule has 1 saturated heterocycles. The third-order valence-electron chi connectivity index (χ3n) is 8.29. The number of para-hydroxylation sites is 2.